The SMILES string of the molecule is C=CC.FC(F)(F)c1ccc2c(c1)c1c(n2CCc2cccnc2)CCNC1. The number of fused-ring (bicyclic) bond motifs is 3. The zero-order valence-corrected chi connectivity index (χ0v) is 15.9. The molecule has 1 aliphatic rings. The molecule has 1 aromatic carbocycles. The van der Waals surface area contributed by atoms with Crippen molar-refractivity contribution in [3.8, 4) is 0 Å². The molecule has 28 heavy (non-hydrogen) atoms. The highest BCUT2D eigenvalue weighted by molar-refractivity contribution is 5.86. The van der Waals surface area contributed by atoms with E-state index in [0.717, 1.165) is 48.3 Å². The number of nitrogens with one attached hydrogen (secondary N) is 1. The van der Waals surface area contributed by atoms with Gasteiger partial charge in [-0.15, -0.1) is 6.58 Å². The molecular weight excluding hydrogens is 363 g/mol. The first kappa shape index (κ1) is 20.1. The number of rotatable bonds is 3. The van der Waals surface area contributed by atoms with E-state index in [1.165, 1.54) is 12.1 Å². The highest BCUT2D eigenvalue weighted by atomic mass is 19.4. The molecule has 3 heterocycles. The predicted molar refractivity (Wildman–Crippen MR) is 106 cm³/mol. The molecule has 1 N–H and O–H groups in total. The van der Waals surface area contributed by atoms with Gasteiger partial charge in [0.05, 0.1) is 5.56 Å². The van der Waals surface area contributed by atoms with Crippen LogP contribution in [-0.2, 0) is 32.1 Å². The molecular formula is C22H24F3N3. The van der Waals surface area contributed by atoms with Crippen molar-refractivity contribution in [2.75, 3.05) is 6.54 Å². The van der Waals surface area contributed by atoms with Gasteiger partial charge in [0.1, 0.15) is 0 Å². The van der Waals surface area contributed by atoms with E-state index in [-0.39, 0.29) is 0 Å². The van der Waals surface area contributed by atoms with Gasteiger partial charge in [-0.3, -0.25) is 4.98 Å². The molecule has 0 saturated heterocycles. The summed E-state index contributed by atoms with van der Waals surface area (Å²) in [5.41, 5.74) is 3.57. The molecule has 4 rings (SSSR count). The number of hydrogen-bond donors (Lipinski definition) is 1. The minimum absolute atomic E-state index is 0.585. The van der Waals surface area contributed by atoms with Crippen LogP contribution in [-0.4, -0.2) is 16.1 Å². The van der Waals surface area contributed by atoms with E-state index in [0.29, 0.717) is 11.9 Å². The summed E-state index contributed by atoms with van der Waals surface area (Å²) < 4.78 is 41.5. The maximum absolute atomic E-state index is 13.1. The van der Waals surface area contributed by atoms with Crippen molar-refractivity contribution >= 4 is 10.9 Å². The molecule has 0 spiro atoms. The van der Waals surface area contributed by atoms with Crippen LogP contribution >= 0.6 is 0 Å². The summed E-state index contributed by atoms with van der Waals surface area (Å²) in [6.45, 7) is 7.46. The normalized spacial score (nSPS) is 13.6. The van der Waals surface area contributed by atoms with E-state index < -0.39 is 11.7 Å². The van der Waals surface area contributed by atoms with Crippen molar-refractivity contribution in [3.05, 3.63) is 77.8 Å². The zero-order valence-electron chi connectivity index (χ0n) is 15.9. The van der Waals surface area contributed by atoms with Crippen LogP contribution in [0.2, 0.25) is 0 Å². The Morgan fingerprint density at radius 3 is 2.75 bits per heavy atom. The number of aromatic nitrogens is 2. The fourth-order valence-electron chi connectivity index (χ4n) is 3.60. The van der Waals surface area contributed by atoms with Gasteiger partial charge in [0.25, 0.3) is 0 Å². The highest BCUT2D eigenvalue weighted by Gasteiger charge is 2.31. The minimum atomic E-state index is -4.32. The predicted octanol–water partition coefficient (Wildman–Crippen LogP) is 5.14. The van der Waals surface area contributed by atoms with Crippen molar-refractivity contribution in [2.45, 2.75) is 39.0 Å². The van der Waals surface area contributed by atoms with E-state index >= 15 is 0 Å². The molecule has 0 amide bonds. The van der Waals surface area contributed by atoms with Gasteiger partial charge in [-0.25, -0.2) is 0 Å². The Balaban J connectivity index is 0.000000706. The second-order valence-electron chi connectivity index (χ2n) is 6.75. The van der Waals surface area contributed by atoms with E-state index in [4.69, 9.17) is 0 Å². The Hall–Kier alpha value is -2.60. The number of nitrogens with zero attached hydrogens (tertiary/aromatic N) is 2. The smallest absolute Gasteiger partial charge is 0.344 e. The number of halogens is 3. The number of pyridine rings is 1. The maximum Gasteiger partial charge on any atom is 0.416 e. The van der Waals surface area contributed by atoms with Gasteiger partial charge in [0, 0.05) is 55.0 Å². The lowest BCUT2D eigenvalue weighted by Crippen LogP contribution is -2.24. The molecule has 3 nitrogen and oxygen atoms in total. The van der Waals surface area contributed by atoms with Crippen LogP contribution in [0.3, 0.4) is 0 Å². The van der Waals surface area contributed by atoms with Crippen molar-refractivity contribution < 1.29 is 13.2 Å². The van der Waals surface area contributed by atoms with Crippen molar-refractivity contribution in [1.82, 2.24) is 14.9 Å². The number of allylic oxidation sites excluding steroid dienone is 1. The minimum Gasteiger partial charge on any atom is -0.344 e. The summed E-state index contributed by atoms with van der Waals surface area (Å²) in [5.74, 6) is 0. The van der Waals surface area contributed by atoms with E-state index in [2.05, 4.69) is 21.4 Å². The average molecular weight is 387 g/mol. The molecule has 6 heteroatoms. The van der Waals surface area contributed by atoms with Crippen LogP contribution in [0.25, 0.3) is 10.9 Å². The summed E-state index contributed by atoms with van der Waals surface area (Å²) in [6, 6.07) is 8.01. The first-order valence-electron chi connectivity index (χ1n) is 9.33. The van der Waals surface area contributed by atoms with Crippen LogP contribution in [0.15, 0.2) is 55.4 Å². The van der Waals surface area contributed by atoms with Crippen LogP contribution in [0.1, 0.15) is 29.3 Å². The average Bonchev–Trinajstić information content (AvgIpc) is 3.00. The Morgan fingerprint density at radius 2 is 2.07 bits per heavy atom. The lowest BCUT2D eigenvalue weighted by Gasteiger charge is -2.17. The monoisotopic (exact) mass is 387 g/mol. The van der Waals surface area contributed by atoms with Crippen molar-refractivity contribution in [3.63, 3.8) is 0 Å². The fraction of sp³-hybridized carbons (Fsp3) is 0.318. The van der Waals surface area contributed by atoms with E-state index in [1.807, 2.05) is 25.3 Å². The van der Waals surface area contributed by atoms with Crippen LogP contribution < -0.4 is 5.32 Å². The summed E-state index contributed by atoms with van der Waals surface area (Å²) in [5, 5.41) is 3.99. The van der Waals surface area contributed by atoms with Gasteiger partial charge in [-0.2, -0.15) is 13.2 Å². The standard InChI is InChI=1S/C19H18F3N3.C3H6/c20-19(21,22)14-3-4-17-15(10-14)16-12-24-8-5-18(16)25(17)9-6-13-2-1-7-23-11-13;1-3-2/h1-4,7,10-11,24H,5-6,8-9,12H2;3H,1H2,2H3. The Morgan fingerprint density at radius 1 is 1.29 bits per heavy atom. The first-order chi connectivity index (χ1) is 13.5. The Labute approximate surface area is 162 Å². The lowest BCUT2D eigenvalue weighted by atomic mass is 10.0. The highest BCUT2D eigenvalue weighted by Crippen LogP contribution is 2.35. The number of aryl methyl sites for hydroxylation is 2. The van der Waals surface area contributed by atoms with Crippen molar-refractivity contribution in [1.29, 1.82) is 0 Å². The van der Waals surface area contributed by atoms with Crippen LogP contribution in [0.4, 0.5) is 13.2 Å². The number of benzene rings is 1. The third-order valence-electron chi connectivity index (χ3n) is 4.80. The van der Waals surface area contributed by atoms with Crippen molar-refractivity contribution in [2.24, 2.45) is 0 Å². The summed E-state index contributed by atoms with van der Waals surface area (Å²) in [6.07, 6.45) is 2.64. The number of hydrogen-bond acceptors (Lipinski definition) is 2. The zero-order chi connectivity index (χ0) is 20.1. The summed E-state index contributed by atoms with van der Waals surface area (Å²) >= 11 is 0. The Kier molecular flexibility index (Phi) is 6.19. The molecule has 148 valence electrons. The third-order valence-corrected chi connectivity index (χ3v) is 4.80. The third kappa shape index (κ3) is 4.28. The molecule has 0 atom stereocenters. The number of alkyl halides is 3. The lowest BCUT2D eigenvalue weighted by molar-refractivity contribution is -0.137. The van der Waals surface area contributed by atoms with E-state index in [9.17, 15) is 13.2 Å². The maximum atomic E-state index is 13.1. The topological polar surface area (TPSA) is 29.9 Å². The second kappa shape index (κ2) is 8.61. The molecule has 0 fully saturated rings. The van der Waals surface area contributed by atoms with Gasteiger partial charge in [-0.05, 0) is 48.7 Å². The second-order valence-corrected chi connectivity index (χ2v) is 6.75. The van der Waals surface area contributed by atoms with Gasteiger partial charge in [0.15, 0.2) is 0 Å². The first-order valence-corrected chi connectivity index (χ1v) is 9.33. The molecule has 0 bridgehead atoms. The largest absolute Gasteiger partial charge is 0.416 e. The van der Waals surface area contributed by atoms with E-state index in [1.54, 1.807) is 18.3 Å². The molecule has 0 saturated carbocycles. The van der Waals surface area contributed by atoms with Gasteiger partial charge in [-0.1, -0.05) is 12.1 Å². The van der Waals surface area contributed by atoms with Crippen LogP contribution in [0, 0.1) is 0 Å². The fourth-order valence-corrected chi connectivity index (χ4v) is 3.60. The Bertz CT molecular complexity index is 943. The molecule has 1 aliphatic heterocycles. The molecule has 0 radical (unpaired) electrons. The summed E-state index contributed by atoms with van der Waals surface area (Å²) in [7, 11) is 0. The molecule has 2 aromatic heterocycles. The van der Waals surface area contributed by atoms with Gasteiger partial charge >= 0.3 is 6.18 Å². The van der Waals surface area contributed by atoms with Crippen LogP contribution in [0.5, 0.6) is 0 Å². The molecule has 3 aromatic rings. The van der Waals surface area contributed by atoms with Gasteiger partial charge in [0.2, 0.25) is 0 Å². The summed E-state index contributed by atoms with van der Waals surface area (Å²) in [4.78, 5) is 4.13. The van der Waals surface area contributed by atoms with Gasteiger partial charge < -0.3 is 9.88 Å². The molecule has 0 aliphatic carbocycles. The quantitative estimate of drug-likeness (QED) is 0.631. The molecule has 0 unspecified atom stereocenters.